The Morgan fingerprint density at radius 3 is 2.38 bits per heavy atom. The number of carbonyl (C=O) groups excluding carboxylic acids is 1. The Hall–Kier alpha value is -2.53. The molecule has 0 fully saturated rings. The molecule has 110 valence electrons. The summed E-state index contributed by atoms with van der Waals surface area (Å²) in [5, 5.41) is 8.54. The molecule has 0 saturated heterocycles. The van der Waals surface area contributed by atoms with Gasteiger partial charge in [-0.15, -0.1) is 0 Å². The number of nitrogens with one attached hydrogen (secondary N) is 1. The van der Waals surface area contributed by atoms with Crippen molar-refractivity contribution in [2.24, 2.45) is 0 Å². The molecule has 2 rings (SSSR count). The highest BCUT2D eigenvalue weighted by Crippen LogP contribution is 2.15. The van der Waals surface area contributed by atoms with Crippen LogP contribution in [0.25, 0.3) is 0 Å². The van der Waals surface area contributed by atoms with E-state index in [4.69, 9.17) is 9.94 Å². The zero-order chi connectivity index (χ0) is 15.1. The van der Waals surface area contributed by atoms with Gasteiger partial charge in [-0.05, 0) is 23.3 Å². The van der Waals surface area contributed by atoms with Crippen LogP contribution in [0.3, 0.4) is 0 Å². The van der Waals surface area contributed by atoms with Crippen LogP contribution in [0.4, 0.5) is 4.79 Å². The molecule has 0 heterocycles. The zero-order valence-corrected chi connectivity index (χ0v) is 11.8. The van der Waals surface area contributed by atoms with E-state index >= 15 is 0 Å². The van der Waals surface area contributed by atoms with Gasteiger partial charge in [-0.1, -0.05) is 42.5 Å². The Labute approximate surface area is 123 Å². The predicted octanol–water partition coefficient (Wildman–Crippen LogP) is 2.80. The number of nitrogens with zero attached hydrogens (tertiary/aromatic N) is 1. The lowest BCUT2D eigenvalue weighted by atomic mass is 10.2. The van der Waals surface area contributed by atoms with Crippen molar-refractivity contribution in [1.29, 1.82) is 0 Å². The first-order valence-electron chi connectivity index (χ1n) is 6.60. The summed E-state index contributed by atoms with van der Waals surface area (Å²) in [5.74, 6) is 0.775. The Kier molecular flexibility index (Phi) is 5.17. The number of hydrogen-bond donors (Lipinski definition) is 2. The van der Waals surface area contributed by atoms with Gasteiger partial charge in [-0.2, -0.15) is 0 Å². The minimum Gasteiger partial charge on any atom is -0.489 e. The van der Waals surface area contributed by atoms with Crippen molar-refractivity contribution in [3.63, 3.8) is 0 Å². The van der Waals surface area contributed by atoms with Gasteiger partial charge >= 0.3 is 6.03 Å². The molecule has 0 aliphatic heterocycles. The molecule has 0 saturated carbocycles. The molecule has 0 aromatic heterocycles. The van der Waals surface area contributed by atoms with Gasteiger partial charge in [0.05, 0.1) is 0 Å². The molecule has 2 aromatic carbocycles. The Morgan fingerprint density at radius 2 is 1.76 bits per heavy atom. The third-order valence-electron chi connectivity index (χ3n) is 3.03. The van der Waals surface area contributed by atoms with Crippen LogP contribution in [0.1, 0.15) is 11.1 Å². The molecule has 0 aliphatic rings. The number of ether oxygens (including phenoxy) is 1. The van der Waals surface area contributed by atoms with Crippen molar-refractivity contribution in [1.82, 2.24) is 10.4 Å². The third-order valence-corrected chi connectivity index (χ3v) is 3.03. The van der Waals surface area contributed by atoms with Gasteiger partial charge in [0, 0.05) is 13.6 Å². The number of hydrogen-bond acceptors (Lipinski definition) is 3. The minimum atomic E-state index is -0.542. The fourth-order valence-electron chi connectivity index (χ4n) is 1.86. The summed E-state index contributed by atoms with van der Waals surface area (Å²) in [6.07, 6.45) is 0. The summed E-state index contributed by atoms with van der Waals surface area (Å²) >= 11 is 0. The number of benzene rings is 2. The molecule has 5 heteroatoms. The minimum absolute atomic E-state index is 0.408. The van der Waals surface area contributed by atoms with Gasteiger partial charge in [-0.3, -0.25) is 5.21 Å². The highest BCUT2D eigenvalue weighted by atomic mass is 16.5. The number of hydroxylamine groups is 1. The SMILES string of the molecule is CN(Cc1ccc(OCc2ccccc2)cc1)C(=O)NO. The van der Waals surface area contributed by atoms with Crippen LogP contribution >= 0.6 is 0 Å². The highest BCUT2D eigenvalue weighted by Gasteiger charge is 2.07. The van der Waals surface area contributed by atoms with Crippen LogP contribution in [0.5, 0.6) is 5.75 Å². The predicted molar refractivity (Wildman–Crippen MR) is 79.0 cm³/mol. The molecule has 0 bridgehead atoms. The molecule has 0 atom stereocenters. The maximum absolute atomic E-state index is 11.2. The fraction of sp³-hybridized carbons (Fsp3) is 0.188. The summed E-state index contributed by atoms with van der Waals surface area (Å²) in [7, 11) is 1.60. The summed E-state index contributed by atoms with van der Waals surface area (Å²) in [6, 6.07) is 16.9. The number of rotatable bonds is 5. The van der Waals surface area contributed by atoms with Gasteiger partial charge in [0.15, 0.2) is 0 Å². The normalized spacial score (nSPS) is 10.0. The van der Waals surface area contributed by atoms with E-state index < -0.39 is 6.03 Å². The van der Waals surface area contributed by atoms with Gasteiger partial charge in [0.25, 0.3) is 0 Å². The van der Waals surface area contributed by atoms with E-state index in [1.165, 1.54) is 4.90 Å². The second-order valence-electron chi connectivity index (χ2n) is 4.69. The number of carbonyl (C=O) groups is 1. The van der Waals surface area contributed by atoms with E-state index in [0.29, 0.717) is 13.2 Å². The molecule has 5 nitrogen and oxygen atoms in total. The molecule has 0 spiro atoms. The van der Waals surface area contributed by atoms with Gasteiger partial charge in [0.2, 0.25) is 0 Å². The maximum atomic E-state index is 11.2. The standard InChI is InChI=1S/C16H18N2O3/c1-18(16(19)17-20)11-13-7-9-15(10-8-13)21-12-14-5-3-2-4-6-14/h2-10,20H,11-12H2,1H3,(H,17,19). The highest BCUT2D eigenvalue weighted by molar-refractivity contribution is 5.72. The fourth-order valence-corrected chi connectivity index (χ4v) is 1.86. The number of urea groups is 1. The lowest BCUT2D eigenvalue weighted by Gasteiger charge is -2.16. The Bertz CT molecular complexity index is 570. The van der Waals surface area contributed by atoms with E-state index in [1.54, 1.807) is 12.5 Å². The smallest absolute Gasteiger partial charge is 0.341 e. The molecule has 2 amide bonds. The van der Waals surface area contributed by atoms with E-state index in [-0.39, 0.29) is 0 Å². The maximum Gasteiger partial charge on any atom is 0.341 e. The van der Waals surface area contributed by atoms with Crippen molar-refractivity contribution >= 4 is 6.03 Å². The summed E-state index contributed by atoms with van der Waals surface area (Å²) in [6.45, 7) is 0.929. The van der Waals surface area contributed by atoms with Crippen molar-refractivity contribution in [3.8, 4) is 5.75 Å². The van der Waals surface area contributed by atoms with Crippen LogP contribution in [0.15, 0.2) is 54.6 Å². The van der Waals surface area contributed by atoms with Crippen LogP contribution in [0.2, 0.25) is 0 Å². The number of amides is 2. The van der Waals surface area contributed by atoms with Gasteiger partial charge < -0.3 is 9.64 Å². The van der Waals surface area contributed by atoms with Crippen LogP contribution < -0.4 is 10.2 Å². The van der Waals surface area contributed by atoms with E-state index in [0.717, 1.165) is 16.9 Å². The summed E-state index contributed by atoms with van der Waals surface area (Å²) < 4.78 is 5.69. The molecule has 2 N–H and O–H groups in total. The Balaban J connectivity index is 1.88. The van der Waals surface area contributed by atoms with Gasteiger partial charge in [0.1, 0.15) is 12.4 Å². The van der Waals surface area contributed by atoms with Crippen LogP contribution in [-0.2, 0) is 13.2 Å². The topological polar surface area (TPSA) is 61.8 Å². The largest absolute Gasteiger partial charge is 0.489 e. The van der Waals surface area contributed by atoms with E-state index in [1.807, 2.05) is 54.6 Å². The quantitative estimate of drug-likeness (QED) is 0.656. The lowest BCUT2D eigenvalue weighted by Crippen LogP contribution is -2.34. The first kappa shape index (κ1) is 14.9. The van der Waals surface area contributed by atoms with Crippen molar-refractivity contribution in [2.75, 3.05) is 7.05 Å². The van der Waals surface area contributed by atoms with Crippen molar-refractivity contribution in [3.05, 3.63) is 65.7 Å². The second-order valence-corrected chi connectivity index (χ2v) is 4.69. The lowest BCUT2D eigenvalue weighted by molar-refractivity contribution is 0.134. The Morgan fingerprint density at radius 1 is 1.10 bits per heavy atom. The summed E-state index contributed by atoms with van der Waals surface area (Å²) in [4.78, 5) is 12.6. The first-order chi connectivity index (χ1) is 10.2. The van der Waals surface area contributed by atoms with Crippen LogP contribution in [-0.4, -0.2) is 23.2 Å². The van der Waals surface area contributed by atoms with Crippen molar-refractivity contribution in [2.45, 2.75) is 13.2 Å². The van der Waals surface area contributed by atoms with Crippen LogP contribution in [0, 0.1) is 0 Å². The second kappa shape index (κ2) is 7.31. The summed E-state index contributed by atoms with van der Waals surface area (Å²) in [5.41, 5.74) is 3.66. The molecule has 0 unspecified atom stereocenters. The molecule has 21 heavy (non-hydrogen) atoms. The zero-order valence-electron chi connectivity index (χ0n) is 11.8. The first-order valence-corrected chi connectivity index (χ1v) is 6.60. The molecule has 0 aliphatic carbocycles. The monoisotopic (exact) mass is 286 g/mol. The van der Waals surface area contributed by atoms with E-state index in [2.05, 4.69) is 0 Å². The van der Waals surface area contributed by atoms with E-state index in [9.17, 15) is 4.79 Å². The average Bonchev–Trinajstić information content (AvgIpc) is 2.54. The van der Waals surface area contributed by atoms with Crippen molar-refractivity contribution < 1.29 is 14.7 Å². The molecular formula is C16H18N2O3. The average molecular weight is 286 g/mol. The third kappa shape index (κ3) is 4.50. The molecule has 2 aromatic rings. The molecule has 0 radical (unpaired) electrons. The van der Waals surface area contributed by atoms with Gasteiger partial charge in [-0.25, -0.2) is 10.3 Å². The molecular weight excluding hydrogens is 268 g/mol.